The fourth-order valence-corrected chi connectivity index (χ4v) is 2.05. The van der Waals surface area contributed by atoms with Crippen LogP contribution in [0.1, 0.15) is 34.6 Å². The average Bonchev–Trinajstić information content (AvgIpc) is 2.87. The second kappa shape index (κ2) is 3.85. The summed E-state index contributed by atoms with van der Waals surface area (Å²) in [6.45, 7) is 10.5. The van der Waals surface area contributed by atoms with Gasteiger partial charge >= 0.3 is 6.09 Å². The van der Waals surface area contributed by atoms with Crippen LogP contribution < -0.4 is 0 Å². The van der Waals surface area contributed by atoms with Crippen LogP contribution in [0.2, 0.25) is 0 Å². The number of rotatable bonds is 1. The van der Waals surface area contributed by atoms with Crippen molar-refractivity contribution in [1.82, 2.24) is 4.90 Å². The number of epoxide rings is 1. The zero-order valence-electron chi connectivity index (χ0n) is 11.1. The van der Waals surface area contributed by atoms with Gasteiger partial charge in [-0.15, -0.1) is 0 Å². The Morgan fingerprint density at radius 2 is 1.94 bits per heavy atom. The molecule has 0 aliphatic carbocycles. The standard InChI is InChI=1S/C12H21NO4/c1-11(2,3)17-10(14)13-8(9-7-15-9)6-16-12(13,4)5/h8-9H,6-7H2,1-5H3/t8-,9-/m0/s1. The SMILES string of the molecule is CC(C)(C)OC(=O)N1[C@H]([C@@H]2CO2)COC1(C)C. The highest BCUT2D eigenvalue weighted by molar-refractivity contribution is 5.70. The minimum absolute atomic E-state index is 0.0279. The minimum atomic E-state index is -0.626. The Morgan fingerprint density at radius 1 is 1.35 bits per heavy atom. The van der Waals surface area contributed by atoms with Crippen LogP contribution in [0.3, 0.4) is 0 Å². The Balaban J connectivity index is 2.11. The maximum atomic E-state index is 12.2. The topological polar surface area (TPSA) is 51.3 Å². The van der Waals surface area contributed by atoms with E-state index < -0.39 is 11.3 Å². The zero-order chi connectivity index (χ0) is 12.8. The normalized spacial score (nSPS) is 31.5. The molecule has 0 spiro atoms. The largest absolute Gasteiger partial charge is 0.444 e. The zero-order valence-corrected chi connectivity index (χ0v) is 11.1. The summed E-state index contributed by atoms with van der Waals surface area (Å²) in [6.07, 6.45) is -0.232. The van der Waals surface area contributed by atoms with Crippen LogP contribution in [0.25, 0.3) is 0 Å². The molecule has 5 nitrogen and oxygen atoms in total. The lowest BCUT2D eigenvalue weighted by molar-refractivity contribution is -0.0632. The van der Waals surface area contributed by atoms with Gasteiger partial charge in [0.2, 0.25) is 0 Å². The maximum absolute atomic E-state index is 12.2. The summed E-state index contributed by atoms with van der Waals surface area (Å²) in [5, 5.41) is 0. The third-order valence-electron chi connectivity index (χ3n) is 2.90. The van der Waals surface area contributed by atoms with E-state index in [9.17, 15) is 4.79 Å². The monoisotopic (exact) mass is 243 g/mol. The second-order valence-electron chi connectivity index (χ2n) is 6.05. The van der Waals surface area contributed by atoms with Gasteiger partial charge in [0.05, 0.1) is 19.3 Å². The molecule has 0 aromatic carbocycles. The molecule has 0 aromatic heterocycles. The molecule has 2 fully saturated rings. The van der Waals surface area contributed by atoms with E-state index in [2.05, 4.69) is 0 Å². The summed E-state index contributed by atoms with van der Waals surface area (Å²) in [7, 11) is 0. The van der Waals surface area contributed by atoms with Crippen LogP contribution in [0.5, 0.6) is 0 Å². The van der Waals surface area contributed by atoms with Gasteiger partial charge in [-0.2, -0.15) is 0 Å². The number of nitrogens with zero attached hydrogens (tertiary/aromatic N) is 1. The summed E-state index contributed by atoms with van der Waals surface area (Å²) in [6, 6.07) is -0.0279. The Hall–Kier alpha value is -0.810. The minimum Gasteiger partial charge on any atom is -0.444 e. The highest BCUT2D eigenvalue weighted by atomic mass is 16.6. The van der Waals surface area contributed by atoms with Crippen molar-refractivity contribution in [3.8, 4) is 0 Å². The van der Waals surface area contributed by atoms with Gasteiger partial charge in [0, 0.05) is 0 Å². The van der Waals surface area contributed by atoms with E-state index >= 15 is 0 Å². The van der Waals surface area contributed by atoms with Gasteiger partial charge in [0.25, 0.3) is 0 Å². The van der Waals surface area contributed by atoms with Gasteiger partial charge in [0.15, 0.2) is 0 Å². The maximum Gasteiger partial charge on any atom is 0.412 e. The van der Waals surface area contributed by atoms with Crippen molar-refractivity contribution in [3.63, 3.8) is 0 Å². The van der Waals surface area contributed by atoms with Crippen LogP contribution in [0.15, 0.2) is 0 Å². The Labute approximate surface area is 102 Å². The number of ether oxygens (including phenoxy) is 3. The van der Waals surface area contributed by atoms with E-state index in [4.69, 9.17) is 14.2 Å². The molecule has 2 rings (SSSR count). The van der Waals surface area contributed by atoms with Crippen LogP contribution >= 0.6 is 0 Å². The van der Waals surface area contributed by atoms with Gasteiger partial charge < -0.3 is 14.2 Å². The molecule has 2 saturated heterocycles. The van der Waals surface area contributed by atoms with Crippen LogP contribution in [-0.4, -0.2) is 47.7 Å². The first-order valence-corrected chi connectivity index (χ1v) is 5.98. The molecule has 0 aromatic rings. The van der Waals surface area contributed by atoms with E-state index in [0.717, 1.165) is 0 Å². The number of carbonyl (C=O) groups excluding carboxylic acids is 1. The van der Waals surface area contributed by atoms with Gasteiger partial charge in [-0.05, 0) is 34.6 Å². The van der Waals surface area contributed by atoms with E-state index in [-0.39, 0.29) is 18.2 Å². The molecule has 0 N–H and O–H groups in total. The molecule has 1 amide bonds. The molecule has 2 aliphatic heterocycles. The van der Waals surface area contributed by atoms with Gasteiger partial charge in [-0.1, -0.05) is 0 Å². The van der Waals surface area contributed by atoms with Crippen LogP contribution in [0, 0.1) is 0 Å². The lowest BCUT2D eigenvalue weighted by Gasteiger charge is -2.34. The first-order chi connectivity index (χ1) is 7.71. The second-order valence-corrected chi connectivity index (χ2v) is 6.05. The lowest BCUT2D eigenvalue weighted by Crippen LogP contribution is -2.51. The third-order valence-corrected chi connectivity index (χ3v) is 2.90. The molecule has 98 valence electrons. The van der Waals surface area contributed by atoms with Crippen molar-refractivity contribution >= 4 is 6.09 Å². The van der Waals surface area contributed by atoms with Crippen molar-refractivity contribution < 1.29 is 19.0 Å². The molecule has 0 radical (unpaired) electrons. The van der Waals surface area contributed by atoms with Crippen LogP contribution in [0.4, 0.5) is 4.79 Å². The highest BCUT2D eigenvalue weighted by Gasteiger charge is 2.52. The van der Waals surface area contributed by atoms with E-state index in [1.54, 1.807) is 4.90 Å². The predicted molar refractivity (Wildman–Crippen MR) is 61.6 cm³/mol. The molecule has 0 unspecified atom stereocenters. The third kappa shape index (κ3) is 2.72. The molecule has 2 atom stereocenters. The number of amides is 1. The van der Waals surface area contributed by atoms with Gasteiger partial charge in [0.1, 0.15) is 17.4 Å². The molecule has 5 heteroatoms. The van der Waals surface area contributed by atoms with E-state index in [1.165, 1.54) is 0 Å². The molecule has 2 heterocycles. The quantitative estimate of drug-likeness (QED) is 0.658. The molecule has 2 aliphatic rings. The van der Waals surface area contributed by atoms with Crippen molar-refractivity contribution in [3.05, 3.63) is 0 Å². The van der Waals surface area contributed by atoms with Crippen molar-refractivity contribution in [1.29, 1.82) is 0 Å². The fourth-order valence-electron chi connectivity index (χ4n) is 2.05. The lowest BCUT2D eigenvalue weighted by atomic mass is 10.1. The first-order valence-electron chi connectivity index (χ1n) is 5.98. The molecule has 17 heavy (non-hydrogen) atoms. The fraction of sp³-hybridized carbons (Fsp3) is 0.917. The Morgan fingerprint density at radius 3 is 2.41 bits per heavy atom. The van der Waals surface area contributed by atoms with Gasteiger partial charge in [-0.3, -0.25) is 4.90 Å². The Bertz CT molecular complexity index is 317. The molecular weight excluding hydrogens is 222 g/mol. The highest BCUT2D eigenvalue weighted by Crippen LogP contribution is 2.34. The summed E-state index contributed by atoms with van der Waals surface area (Å²) in [5.41, 5.74) is -1.12. The van der Waals surface area contributed by atoms with E-state index in [1.807, 2.05) is 34.6 Å². The summed E-state index contributed by atoms with van der Waals surface area (Å²) >= 11 is 0. The smallest absolute Gasteiger partial charge is 0.412 e. The number of hydrogen-bond acceptors (Lipinski definition) is 4. The Kier molecular flexibility index (Phi) is 2.86. The van der Waals surface area contributed by atoms with Crippen molar-refractivity contribution in [2.75, 3.05) is 13.2 Å². The van der Waals surface area contributed by atoms with Crippen molar-refractivity contribution in [2.24, 2.45) is 0 Å². The van der Waals surface area contributed by atoms with E-state index in [0.29, 0.717) is 13.2 Å². The first kappa shape index (κ1) is 12.6. The summed E-state index contributed by atoms with van der Waals surface area (Å²) in [4.78, 5) is 13.8. The van der Waals surface area contributed by atoms with Crippen molar-refractivity contribution in [2.45, 2.75) is 58.1 Å². The average molecular weight is 243 g/mol. The number of carbonyl (C=O) groups is 1. The molecule has 0 bridgehead atoms. The summed E-state index contributed by atoms with van der Waals surface area (Å²) < 4.78 is 16.3. The predicted octanol–water partition coefficient (Wildman–Crippen LogP) is 1.76. The molecule has 0 saturated carbocycles. The number of hydrogen-bond donors (Lipinski definition) is 0. The molecular formula is C12H21NO4. The van der Waals surface area contributed by atoms with Crippen LogP contribution in [-0.2, 0) is 14.2 Å². The van der Waals surface area contributed by atoms with Gasteiger partial charge in [-0.25, -0.2) is 4.79 Å². The summed E-state index contributed by atoms with van der Waals surface area (Å²) in [5.74, 6) is 0.